The number of alkyl halides is 1. The van der Waals surface area contributed by atoms with E-state index in [4.69, 9.17) is 11.6 Å². The van der Waals surface area contributed by atoms with Gasteiger partial charge in [0.2, 0.25) is 0 Å². The number of nitrogens with zero attached hydrogens (tertiary/aromatic N) is 2. The van der Waals surface area contributed by atoms with Crippen LogP contribution in [0.1, 0.15) is 23.3 Å². The van der Waals surface area contributed by atoms with Gasteiger partial charge in [0.1, 0.15) is 5.69 Å². The van der Waals surface area contributed by atoms with Crippen molar-refractivity contribution in [3.63, 3.8) is 0 Å². The van der Waals surface area contributed by atoms with Crippen molar-refractivity contribution in [2.75, 3.05) is 13.6 Å². The molecule has 0 aromatic carbocycles. The first-order chi connectivity index (χ1) is 8.06. The molecule has 0 radical (unpaired) electrons. The molecule has 0 bridgehead atoms. The molecule has 92 valence electrons. The third kappa shape index (κ3) is 3.19. The number of hydrogen-bond donors (Lipinski definition) is 0. The smallest absolute Gasteiger partial charge is 0.272 e. The van der Waals surface area contributed by atoms with Crippen LogP contribution in [0, 0.1) is 5.92 Å². The highest BCUT2D eigenvalue weighted by molar-refractivity contribution is 9.09. The number of halogens is 2. The van der Waals surface area contributed by atoms with E-state index >= 15 is 0 Å². The van der Waals surface area contributed by atoms with Crippen molar-refractivity contribution >= 4 is 33.4 Å². The third-order valence-corrected chi connectivity index (χ3v) is 3.97. The van der Waals surface area contributed by atoms with E-state index in [-0.39, 0.29) is 5.91 Å². The number of hydrogen-bond acceptors (Lipinski definition) is 2. The van der Waals surface area contributed by atoms with Crippen LogP contribution in [0.5, 0.6) is 0 Å². The minimum Gasteiger partial charge on any atom is -0.340 e. The highest BCUT2D eigenvalue weighted by Gasteiger charge is 2.29. The first kappa shape index (κ1) is 12.8. The van der Waals surface area contributed by atoms with E-state index in [2.05, 4.69) is 20.9 Å². The molecule has 1 aliphatic rings. The summed E-state index contributed by atoms with van der Waals surface area (Å²) in [5.74, 6) is 0.570. The zero-order valence-corrected chi connectivity index (χ0v) is 11.9. The quantitative estimate of drug-likeness (QED) is 0.803. The summed E-state index contributed by atoms with van der Waals surface area (Å²) >= 11 is 9.29. The zero-order valence-electron chi connectivity index (χ0n) is 9.57. The first-order valence-corrected chi connectivity index (χ1v) is 6.86. The lowest BCUT2D eigenvalue weighted by atomic mass is 9.85. The summed E-state index contributed by atoms with van der Waals surface area (Å²) < 4.78 is 0. The predicted octanol–water partition coefficient (Wildman–Crippen LogP) is 2.98. The lowest BCUT2D eigenvalue weighted by molar-refractivity contribution is 0.0743. The van der Waals surface area contributed by atoms with Crippen LogP contribution in [-0.4, -0.2) is 34.2 Å². The Balaban J connectivity index is 1.92. The van der Waals surface area contributed by atoms with Gasteiger partial charge in [-0.3, -0.25) is 4.79 Å². The summed E-state index contributed by atoms with van der Waals surface area (Å²) in [6.45, 7) is 0.797. The second kappa shape index (κ2) is 5.36. The average Bonchev–Trinajstić information content (AvgIpc) is 2.27. The van der Waals surface area contributed by atoms with Crippen LogP contribution >= 0.6 is 27.5 Å². The van der Waals surface area contributed by atoms with Crippen LogP contribution in [0.25, 0.3) is 0 Å². The van der Waals surface area contributed by atoms with Gasteiger partial charge in [-0.2, -0.15) is 0 Å². The summed E-state index contributed by atoms with van der Waals surface area (Å²) in [6.07, 6.45) is 3.79. The Morgan fingerprint density at radius 3 is 2.82 bits per heavy atom. The molecule has 1 amide bonds. The second-order valence-electron chi connectivity index (χ2n) is 4.48. The van der Waals surface area contributed by atoms with E-state index in [0.29, 0.717) is 21.5 Å². The van der Waals surface area contributed by atoms with Gasteiger partial charge in [0.05, 0.1) is 5.02 Å². The standard InChI is InChI=1S/C12H14BrClN2O/c1-16(7-8-4-9(13)5-8)12(17)11-3-2-10(14)6-15-11/h2-3,6,8-9H,4-5,7H2,1H3. The fourth-order valence-electron chi connectivity index (χ4n) is 1.97. The van der Waals surface area contributed by atoms with Crippen molar-refractivity contribution in [1.29, 1.82) is 0 Å². The Morgan fingerprint density at radius 1 is 1.59 bits per heavy atom. The summed E-state index contributed by atoms with van der Waals surface area (Å²) in [7, 11) is 1.82. The summed E-state index contributed by atoms with van der Waals surface area (Å²) in [5.41, 5.74) is 0.451. The fraction of sp³-hybridized carbons (Fsp3) is 0.500. The Morgan fingerprint density at radius 2 is 2.29 bits per heavy atom. The number of rotatable bonds is 3. The van der Waals surface area contributed by atoms with Crippen molar-refractivity contribution in [3.8, 4) is 0 Å². The molecular formula is C12H14BrClN2O. The van der Waals surface area contributed by atoms with Crippen LogP contribution < -0.4 is 0 Å². The number of carbonyl (C=O) groups is 1. The summed E-state index contributed by atoms with van der Waals surface area (Å²) in [5, 5.41) is 0.547. The van der Waals surface area contributed by atoms with Crippen LogP contribution in [0.15, 0.2) is 18.3 Å². The van der Waals surface area contributed by atoms with Gasteiger partial charge < -0.3 is 4.90 Å². The van der Waals surface area contributed by atoms with Crippen LogP contribution in [0.3, 0.4) is 0 Å². The maximum atomic E-state index is 12.0. The molecule has 5 heteroatoms. The van der Waals surface area contributed by atoms with Crippen molar-refractivity contribution in [2.24, 2.45) is 5.92 Å². The van der Waals surface area contributed by atoms with Crippen molar-refractivity contribution in [1.82, 2.24) is 9.88 Å². The maximum absolute atomic E-state index is 12.0. The molecule has 1 aromatic heterocycles. The Kier molecular flexibility index (Phi) is 4.05. The molecule has 0 aliphatic heterocycles. The highest BCUT2D eigenvalue weighted by atomic mass is 79.9. The minimum atomic E-state index is -0.0420. The van der Waals surface area contributed by atoms with E-state index in [1.54, 1.807) is 17.0 Å². The molecule has 17 heavy (non-hydrogen) atoms. The van der Waals surface area contributed by atoms with Gasteiger partial charge in [-0.1, -0.05) is 27.5 Å². The zero-order chi connectivity index (χ0) is 12.4. The topological polar surface area (TPSA) is 33.2 Å². The second-order valence-corrected chi connectivity index (χ2v) is 6.21. The molecule has 1 aliphatic carbocycles. The van der Waals surface area contributed by atoms with Gasteiger partial charge in [-0.15, -0.1) is 0 Å². The normalized spacial score (nSPS) is 23.0. The molecular weight excluding hydrogens is 304 g/mol. The maximum Gasteiger partial charge on any atom is 0.272 e. The van der Waals surface area contributed by atoms with Crippen molar-refractivity contribution < 1.29 is 4.79 Å². The van der Waals surface area contributed by atoms with E-state index < -0.39 is 0 Å². The molecule has 1 saturated carbocycles. The number of carbonyl (C=O) groups excluding carboxylic acids is 1. The lowest BCUT2D eigenvalue weighted by Gasteiger charge is -2.34. The van der Waals surface area contributed by atoms with Crippen molar-refractivity contribution in [2.45, 2.75) is 17.7 Å². The van der Waals surface area contributed by atoms with E-state index in [0.717, 1.165) is 19.4 Å². The molecule has 0 saturated heterocycles. The molecule has 3 nitrogen and oxygen atoms in total. The minimum absolute atomic E-state index is 0.0420. The summed E-state index contributed by atoms with van der Waals surface area (Å²) in [6, 6.07) is 3.35. The van der Waals surface area contributed by atoms with E-state index in [9.17, 15) is 4.79 Å². The number of aromatic nitrogens is 1. The molecule has 0 N–H and O–H groups in total. The van der Waals surface area contributed by atoms with Crippen LogP contribution in [0.4, 0.5) is 0 Å². The molecule has 1 aromatic rings. The predicted molar refractivity (Wildman–Crippen MR) is 71.6 cm³/mol. The molecule has 1 fully saturated rings. The SMILES string of the molecule is CN(CC1CC(Br)C1)C(=O)c1ccc(Cl)cn1. The Hall–Kier alpha value is -0.610. The Labute approximate surface area is 114 Å². The molecule has 1 heterocycles. The average molecular weight is 318 g/mol. The van der Waals surface area contributed by atoms with Gasteiger partial charge in [-0.25, -0.2) is 4.98 Å². The molecule has 0 atom stereocenters. The van der Waals surface area contributed by atoms with E-state index in [1.165, 1.54) is 6.20 Å². The highest BCUT2D eigenvalue weighted by Crippen LogP contribution is 2.33. The van der Waals surface area contributed by atoms with Gasteiger partial charge in [-0.05, 0) is 30.9 Å². The van der Waals surface area contributed by atoms with Gasteiger partial charge >= 0.3 is 0 Å². The summed E-state index contributed by atoms with van der Waals surface area (Å²) in [4.78, 5) is 18.4. The fourth-order valence-corrected chi connectivity index (χ4v) is 3.14. The molecule has 2 rings (SSSR count). The number of amides is 1. The van der Waals surface area contributed by atoms with Gasteiger partial charge in [0, 0.05) is 24.6 Å². The molecule has 0 spiro atoms. The number of pyridine rings is 1. The van der Waals surface area contributed by atoms with Crippen LogP contribution in [-0.2, 0) is 0 Å². The van der Waals surface area contributed by atoms with E-state index in [1.807, 2.05) is 7.05 Å². The third-order valence-electron chi connectivity index (χ3n) is 3.00. The van der Waals surface area contributed by atoms with Crippen LogP contribution in [0.2, 0.25) is 5.02 Å². The Bertz CT molecular complexity index is 403. The van der Waals surface area contributed by atoms with Gasteiger partial charge in [0.15, 0.2) is 0 Å². The van der Waals surface area contributed by atoms with Gasteiger partial charge in [0.25, 0.3) is 5.91 Å². The van der Waals surface area contributed by atoms with Crippen molar-refractivity contribution in [3.05, 3.63) is 29.0 Å². The monoisotopic (exact) mass is 316 g/mol. The lowest BCUT2D eigenvalue weighted by Crippen LogP contribution is -2.38. The first-order valence-electron chi connectivity index (χ1n) is 5.57. The molecule has 0 unspecified atom stereocenters. The largest absolute Gasteiger partial charge is 0.340 e.